The van der Waals surface area contributed by atoms with Gasteiger partial charge in [0, 0.05) is 24.7 Å². The van der Waals surface area contributed by atoms with Gasteiger partial charge >= 0.3 is 0 Å². The Morgan fingerprint density at radius 3 is 2.75 bits per heavy atom. The van der Waals surface area contributed by atoms with Gasteiger partial charge in [0.2, 0.25) is 10.0 Å². The molecule has 5 nitrogen and oxygen atoms in total. The van der Waals surface area contributed by atoms with Crippen molar-refractivity contribution in [1.82, 2.24) is 4.72 Å². The lowest BCUT2D eigenvalue weighted by Gasteiger charge is -2.14. The van der Waals surface area contributed by atoms with Gasteiger partial charge in [-0.25, -0.2) is 13.1 Å². The summed E-state index contributed by atoms with van der Waals surface area (Å²) in [6.07, 6.45) is 1.71. The van der Waals surface area contributed by atoms with Crippen molar-refractivity contribution in [2.45, 2.75) is 30.4 Å². The van der Waals surface area contributed by atoms with Crippen LogP contribution in [0.5, 0.6) is 0 Å². The minimum atomic E-state index is -3.74. The van der Waals surface area contributed by atoms with Crippen LogP contribution in [0.15, 0.2) is 17.0 Å². The van der Waals surface area contributed by atoms with E-state index in [4.69, 9.17) is 33.7 Å². The molecule has 1 aliphatic rings. The number of rotatable bonds is 5. The minimum Gasteiger partial charge on any atom is -0.377 e. The van der Waals surface area contributed by atoms with Crippen LogP contribution in [0.1, 0.15) is 18.4 Å². The molecule has 20 heavy (non-hydrogen) atoms. The molecule has 1 fully saturated rings. The SMILES string of the molecule is NCc1cc(Cl)cc(S(=O)(=O)NCC2CCCO2)c1Cl. The highest BCUT2D eigenvalue weighted by atomic mass is 35.5. The first-order chi connectivity index (χ1) is 9.44. The molecule has 1 atom stereocenters. The van der Waals surface area contributed by atoms with E-state index in [-0.39, 0.29) is 34.1 Å². The summed E-state index contributed by atoms with van der Waals surface area (Å²) in [5.41, 5.74) is 6.02. The van der Waals surface area contributed by atoms with Gasteiger partial charge in [-0.3, -0.25) is 0 Å². The van der Waals surface area contributed by atoms with E-state index >= 15 is 0 Å². The van der Waals surface area contributed by atoms with Gasteiger partial charge in [0.05, 0.1) is 11.1 Å². The topological polar surface area (TPSA) is 81.4 Å². The zero-order valence-electron chi connectivity index (χ0n) is 10.7. The average Bonchev–Trinajstić information content (AvgIpc) is 2.92. The zero-order chi connectivity index (χ0) is 14.8. The lowest BCUT2D eigenvalue weighted by molar-refractivity contribution is 0.114. The number of benzene rings is 1. The Balaban J connectivity index is 2.22. The summed E-state index contributed by atoms with van der Waals surface area (Å²) in [5.74, 6) is 0. The van der Waals surface area contributed by atoms with Crippen LogP contribution < -0.4 is 10.5 Å². The second-order valence-electron chi connectivity index (χ2n) is 4.57. The van der Waals surface area contributed by atoms with Gasteiger partial charge in [0.15, 0.2) is 0 Å². The second-order valence-corrected chi connectivity index (χ2v) is 7.12. The molecule has 1 aromatic carbocycles. The molecule has 3 N–H and O–H groups in total. The van der Waals surface area contributed by atoms with E-state index < -0.39 is 10.0 Å². The number of nitrogens with two attached hydrogens (primary N) is 1. The van der Waals surface area contributed by atoms with E-state index in [2.05, 4.69) is 4.72 Å². The van der Waals surface area contributed by atoms with E-state index in [0.29, 0.717) is 12.2 Å². The van der Waals surface area contributed by atoms with Gasteiger partial charge in [-0.2, -0.15) is 0 Å². The van der Waals surface area contributed by atoms with E-state index in [1.54, 1.807) is 6.07 Å². The van der Waals surface area contributed by atoms with Crippen molar-refractivity contribution in [2.75, 3.05) is 13.2 Å². The van der Waals surface area contributed by atoms with Crippen molar-refractivity contribution >= 4 is 33.2 Å². The van der Waals surface area contributed by atoms with Gasteiger partial charge in [-0.15, -0.1) is 0 Å². The molecule has 0 aromatic heterocycles. The fourth-order valence-electron chi connectivity index (χ4n) is 2.05. The molecule has 1 unspecified atom stereocenters. The standard InChI is InChI=1S/C12H16Cl2N2O3S/c13-9-4-8(6-15)12(14)11(5-9)20(17,18)16-7-10-2-1-3-19-10/h4-5,10,16H,1-3,6-7,15H2. The zero-order valence-corrected chi connectivity index (χ0v) is 13.1. The predicted octanol–water partition coefficient (Wildman–Crippen LogP) is 1.91. The van der Waals surface area contributed by atoms with Crippen molar-refractivity contribution < 1.29 is 13.2 Å². The van der Waals surface area contributed by atoms with Crippen LogP contribution in [0.4, 0.5) is 0 Å². The molecule has 1 aromatic rings. The van der Waals surface area contributed by atoms with E-state index in [1.807, 2.05) is 0 Å². The first-order valence-corrected chi connectivity index (χ1v) is 8.47. The maximum atomic E-state index is 12.3. The van der Waals surface area contributed by atoms with Gasteiger partial charge in [-0.05, 0) is 30.5 Å². The summed E-state index contributed by atoms with van der Waals surface area (Å²) >= 11 is 12.0. The van der Waals surface area contributed by atoms with Gasteiger partial charge in [-0.1, -0.05) is 23.2 Å². The normalized spacial score (nSPS) is 19.4. The van der Waals surface area contributed by atoms with Crippen molar-refractivity contribution in [1.29, 1.82) is 0 Å². The molecular formula is C12H16Cl2N2O3S. The van der Waals surface area contributed by atoms with Crippen LogP contribution in [0.2, 0.25) is 10.0 Å². The maximum Gasteiger partial charge on any atom is 0.242 e. The lowest BCUT2D eigenvalue weighted by Crippen LogP contribution is -2.32. The Kier molecular flexibility index (Phi) is 5.28. The van der Waals surface area contributed by atoms with Gasteiger partial charge in [0.1, 0.15) is 4.90 Å². The van der Waals surface area contributed by atoms with E-state index in [1.165, 1.54) is 6.07 Å². The molecule has 1 aliphatic heterocycles. The van der Waals surface area contributed by atoms with Crippen LogP contribution in [0.3, 0.4) is 0 Å². The summed E-state index contributed by atoms with van der Waals surface area (Å²) in [7, 11) is -3.74. The first kappa shape index (κ1) is 16.0. The molecule has 2 rings (SSSR count). The molecule has 0 amide bonds. The number of nitrogens with one attached hydrogen (secondary N) is 1. The smallest absolute Gasteiger partial charge is 0.242 e. The Hall–Kier alpha value is -0.370. The van der Waals surface area contributed by atoms with Crippen molar-refractivity contribution in [3.05, 3.63) is 27.7 Å². The summed E-state index contributed by atoms with van der Waals surface area (Å²) in [6.45, 7) is 1.01. The molecule has 0 saturated carbocycles. The number of sulfonamides is 1. The highest BCUT2D eigenvalue weighted by Gasteiger charge is 2.23. The third-order valence-electron chi connectivity index (χ3n) is 3.11. The van der Waals surface area contributed by atoms with Gasteiger partial charge in [0.25, 0.3) is 0 Å². The second kappa shape index (κ2) is 6.60. The summed E-state index contributed by atoms with van der Waals surface area (Å²) in [6, 6.07) is 2.88. The molecule has 1 saturated heterocycles. The van der Waals surface area contributed by atoms with Crippen molar-refractivity contribution in [3.63, 3.8) is 0 Å². The summed E-state index contributed by atoms with van der Waals surface area (Å²) in [4.78, 5) is -0.0508. The molecule has 112 valence electrons. The van der Waals surface area contributed by atoms with E-state index in [9.17, 15) is 8.42 Å². The number of hydrogen-bond donors (Lipinski definition) is 2. The Morgan fingerprint density at radius 1 is 1.40 bits per heavy atom. The van der Waals surface area contributed by atoms with Crippen LogP contribution in [-0.4, -0.2) is 27.7 Å². The predicted molar refractivity (Wildman–Crippen MR) is 78.5 cm³/mol. The highest BCUT2D eigenvalue weighted by Crippen LogP contribution is 2.29. The van der Waals surface area contributed by atoms with Crippen molar-refractivity contribution in [2.24, 2.45) is 5.73 Å². The fourth-order valence-corrected chi connectivity index (χ4v) is 4.05. The third-order valence-corrected chi connectivity index (χ3v) is 5.34. The summed E-state index contributed by atoms with van der Waals surface area (Å²) in [5, 5.41) is 0.393. The largest absolute Gasteiger partial charge is 0.377 e. The minimum absolute atomic E-state index is 0.0508. The van der Waals surface area contributed by atoms with Crippen LogP contribution in [-0.2, 0) is 21.3 Å². The Bertz CT molecular complexity index is 587. The Labute approximate surface area is 128 Å². The molecular weight excluding hydrogens is 323 g/mol. The van der Waals surface area contributed by atoms with Crippen molar-refractivity contribution in [3.8, 4) is 0 Å². The fraction of sp³-hybridized carbons (Fsp3) is 0.500. The van der Waals surface area contributed by atoms with Gasteiger partial charge < -0.3 is 10.5 Å². The van der Waals surface area contributed by atoms with E-state index in [0.717, 1.165) is 12.8 Å². The van der Waals surface area contributed by atoms with Crippen LogP contribution in [0, 0.1) is 0 Å². The third kappa shape index (κ3) is 3.63. The van der Waals surface area contributed by atoms with Crippen LogP contribution >= 0.6 is 23.2 Å². The molecule has 0 spiro atoms. The Morgan fingerprint density at radius 2 is 2.15 bits per heavy atom. The highest BCUT2D eigenvalue weighted by molar-refractivity contribution is 7.89. The number of hydrogen-bond acceptors (Lipinski definition) is 4. The molecule has 8 heteroatoms. The number of ether oxygens (including phenoxy) is 1. The maximum absolute atomic E-state index is 12.3. The first-order valence-electron chi connectivity index (χ1n) is 6.23. The summed E-state index contributed by atoms with van der Waals surface area (Å²) < 4.78 is 32.4. The quantitative estimate of drug-likeness (QED) is 0.859. The molecule has 0 aliphatic carbocycles. The molecule has 0 radical (unpaired) electrons. The number of halogens is 2. The monoisotopic (exact) mass is 338 g/mol. The lowest BCUT2D eigenvalue weighted by atomic mass is 10.2. The molecule has 1 heterocycles. The van der Waals surface area contributed by atoms with Crippen LogP contribution in [0.25, 0.3) is 0 Å². The average molecular weight is 339 g/mol. The molecule has 0 bridgehead atoms.